The predicted molar refractivity (Wildman–Crippen MR) is 64.7 cm³/mol. The van der Waals surface area contributed by atoms with Gasteiger partial charge in [0.05, 0.1) is 19.3 Å². The molecule has 100 valence electrons. The van der Waals surface area contributed by atoms with E-state index in [0.717, 1.165) is 5.56 Å². The van der Waals surface area contributed by atoms with Crippen LogP contribution in [-0.4, -0.2) is 46.9 Å². The van der Waals surface area contributed by atoms with Crippen LogP contribution in [0.15, 0.2) is 12.4 Å². The number of aromatic nitrogens is 2. The molecule has 1 rings (SSSR count). The van der Waals surface area contributed by atoms with Gasteiger partial charge in [-0.3, -0.25) is 9.48 Å². The smallest absolute Gasteiger partial charge is 0.325 e. The van der Waals surface area contributed by atoms with Gasteiger partial charge < -0.3 is 15.0 Å². The van der Waals surface area contributed by atoms with Crippen LogP contribution in [0.25, 0.3) is 0 Å². The Hall–Kier alpha value is -2.05. The zero-order valence-corrected chi connectivity index (χ0v) is 10.8. The highest BCUT2D eigenvalue weighted by atomic mass is 16.5. The number of amides is 2. The summed E-state index contributed by atoms with van der Waals surface area (Å²) in [4.78, 5) is 24.2. The highest BCUT2D eigenvalue weighted by molar-refractivity contribution is 5.80. The molecule has 0 aliphatic carbocycles. The average Bonchev–Trinajstić information content (AvgIpc) is 2.72. The van der Waals surface area contributed by atoms with Gasteiger partial charge >= 0.3 is 12.0 Å². The number of carbonyl (C=O) groups excluding carboxylic acids is 2. The lowest BCUT2D eigenvalue weighted by Gasteiger charge is -2.16. The first-order chi connectivity index (χ1) is 8.52. The zero-order chi connectivity index (χ0) is 13.5. The van der Waals surface area contributed by atoms with Crippen molar-refractivity contribution in [3.05, 3.63) is 18.0 Å². The lowest BCUT2D eigenvalue weighted by molar-refractivity contribution is -0.141. The van der Waals surface area contributed by atoms with Crippen LogP contribution in [0.1, 0.15) is 12.5 Å². The van der Waals surface area contributed by atoms with Crippen molar-refractivity contribution in [3.63, 3.8) is 0 Å². The van der Waals surface area contributed by atoms with Gasteiger partial charge in [-0.1, -0.05) is 0 Å². The third-order valence-electron chi connectivity index (χ3n) is 2.21. The van der Waals surface area contributed by atoms with Crippen LogP contribution in [0.3, 0.4) is 0 Å². The molecular weight excluding hydrogens is 236 g/mol. The number of urea groups is 1. The van der Waals surface area contributed by atoms with Gasteiger partial charge in [-0.15, -0.1) is 0 Å². The second-order valence-electron chi connectivity index (χ2n) is 3.84. The molecular formula is C11H18N4O3. The first-order valence-corrected chi connectivity index (χ1v) is 5.65. The Labute approximate surface area is 106 Å². The maximum Gasteiger partial charge on any atom is 0.325 e. The number of nitrogens with zero attached hydrogens (tertiary/aromatic N) is 3. The van der Waals surface area contributed by atoms with E-state index in [2.05, 4.69) is 10.4 Å². The van der Waals surface area contributed by atoms with Crippen LogP contribution < -0.4 is 5.32 Å². The van der Waals surface area contributed by atoms with Crippen molar-refractivity contribution in [2.45, 2.75) is 13.5 Å². The fraction of sp³-hybridized carbons (Fsp3) is 0.545. The highest BCUT2D eigenvalue weighted by Crippen LogP contribution is 2.00. The number of rotatable bonds is 5. The molecule has 0 spiro atoms. The van der Waals surface area contributed by atoms with Gasteiger partial charge in [-0.05, 0) is 6.92 Å². The van der Waals surface area contributed by atoms with Crippen LogP contribution in [0.5, 0.6) is 0 Å². The van der Waals surface area contributed by atoms with Crippen molar-refractivity contribution in [2.75, 3.05) is 20.2 Å². The van der Waals surface area contributed by atoms with Gasteiger partial charge in [0, 0.05) is 25.9 Å². The van der Waals surface area contributed by atoms with E-state index in [1.807, 2.05) is 13.2 Å². The van der Waals surface area contributed by atoms with Crippen LogP contribution in [0.2, 0.25) is 0 Å². The number of hydrogen-bond acceptors (Lipinski definition) is 4. The lowest BCUT2D eigenvalue weighted by Crippen LogP contribution is -2.39. The summed E-state index contributed by atoms with van der Waals surface area (Å²) in [5.74, 6) is -0.444. The molecule has 7 nitrogen and oxygen atoms in total. The van der Waals surface area contributed by atoms with Crippen LogP contribution >= 0.6 is 0 Å². The standard InChI is InChI=1S/C11H18N4O3/c1-4-18-10(16)6-12-11(17)14(2)7-9-5-13-15(3)8-9/h5,8H,4,6-7H2,1-3H3,(H,12,17). The predicted octanol–water partition coefficient (Wildman–Crippen LogP) is 0.125. The quantitative estimate of drug-likeness (QED) is 0.757. The van der Waals surface area contributed by atoms with Gasteiger partial charge in [0.1, 0.15) is 6.54 Å². The fourth-order valence-electron chi connectivity index (χ4n) is 1.39. The molecule has 0 fully saturated rings. The van der Waals surface area contributed by atoms with Gasteiger partial charge in [-0.2, -0.15) is 5.10 Å². The molecule has 18 heavy (non-hydrogen) atoms. The molecule has 1 N–H and O–H groups in total. The SMILES string of the molecule is CCOC(=O)CNC(=O)N(C)Cc1cnn(C)c1. The molecule has 1 aromatic rings. The Morgan fingerprint density at radius 2 is 2.28 bits per heavy atom. The van der Waals surface area contributed by atoms with Crippen molar-refractivity contribution in [1.82, 2.24) is 20.0 Å². The van der Waals surface area contributed by atoms with Gasteiger partial charge in [0.2, 0.25) is 0 Å². The molecule has 0 aliphatic rings. The molecule has 7 heteroatoms. The van der Waals surface area contributed by atoms with E-state index in [1.54, 1.807) is 24.9 Å². The first-order valence-electron chi connectivity index (χ1n) is 5.65. The topological polar surface area (TPSA) is 76.5 Å². The van der Waals surface area contributed by atoms with Crippen LogP contribution in [-0.2, 0) is 23.1 Å². The molecule has 0 radical (unpaired) electrons. The van der Waals surface area contributed by atoms with Gasteiger partial charge in [0.25, 0.3) is 0 Å². The Morgan fingerprint density at radius 1 is 1.56 bits per heavy atom. The normalized spacial score (nSPS) is 9.94. The van der Waals surface area contributed by atoms with E-state index in [-0.39, 0.29) is 12.6 Å². The van der Waals surface area contributed by atoms with Crippen LogP contribution in [0, 0.1) is 0 Å². The summed E-state index contributed by atoms with van der Waals surface area (Å²) in [5.41, 5.74) is 0.922. The van der Waals surface area contributed by atoms with E-state index >= 15 is 0 Å². The van der Waals surface area contributed by atoms with E-state index < -0.39 is 5.97 Å². The molecule has 0 saturated carbocycles. The third-order valence-corrected chi connectivity index (χ3v) is 2.21. The molecule has 0 aromatic carbocycles. The number of aryl methyl sites for hydroxylation is 1. The minimum absolute atomic E-state index is 0.121. The van der Waals surface area contributed by atoms with E-state index in [1.165, 1.54) is 4.90 Å². The van der Waals surface area contributed by atoms with E-state index in [9.17, 15) is 9.59 Å². The van der Waals surface area contributed by atoms with Crippen molar-refractivity contribution >= 4 is 12.0 Å². The highest BCUT2D eigenvalue weighted by Gasteiger charge is 2.11. The molecule has 1 heterocycles. The van der Waals surface area contributed by atoms with Crippen LogP contribution in [0.4, 0.5) is 4.79 Å². The largest absolute Gasteiger partial charge is 0.465 e. The third kappa shape index (κ3) is 4.44. The Morgan fingerprint density at radius 3 is 2.83 bits per heavy atom. The lowest BCUT2D eigenvalue weighted by atomic mass is 10.3. The minimum atomic E-state index is -0.444. The van der Waals surface area contributed by atoms with Crippen molar-refractivity contribution < 1.29 is 14.3 Å². The summed E-state index contributed by atoms with van der Waals surface area (Å²) < 4.78 is 6.37. The minimum Gasteiger partial charge on any atom is -0.465 e. The maximum absolute atomic E-state index is 11.6. The van der Waals surface area contributed by atoms with Crippen molar-refractivity contribution in [3.8, 4) is 0 Å². The number of ether oxygens (including phenoxy) is 1. The van der Waals surface area contributed by atoms with Crippen molar-refractivity contribution in [2.24, 2.45) is 7.05 Å². The zero-order valence-electron chi connectivity index (χ0n) is 10.8. The number of nitrogens with one attached hydrogen (secondary N) is 1. The monoisotopic (exact) mass is 254 g/mol. The summed E-state index contributed by atoms with van der Waals surface area (Å²) in [6.45, 7) is 2.33. The van der Waals surface area contributed by atoms with Gasteiger partial charge in [0.15, 0.2) is 0 Å². The maximum atomic E-state index is 11.6. The average molecular weight is 254 g/mol. The number of carbonyl (C=O) groups is 2. The summed E-state index contributed by atoms with van der Waals surface area (Å²) >= 11 is 0. The Bertz CT molecular complexity index is 416. The number of hydrogen-bond donors (Lipinski definition) is 1. The molecule has 0 atom stereocenters. The summed E-state index contributed by atoms with van der Waals surface area (Å²) in [5, 5.41) is 6.49. The molecule has 0 bridgehead atoms. The Balaban J connectivity index is 2.35. The summed E-state index contributed by atoms with van der Waals surface area (Å²) in [7, 11) is 3.46. The molecule has 0 saturated heterocycles. The summed E-state index contributed by atoms with van der Waals surface area (Å²) in [6.07, 6.45) is 3.52. The van der Waals surface area contributed by atoms with E-state index in [0.29, 0.717) is 13.2 Å². The second kappa shape index (κ2) is 6.63. The molecule has 0 unspecified atom stereocenters. The number of esters is 1. The van der Waals surface area contributed by atoms with E-state index in [4.69, 9.17) is 4.74 Å². The molecule has 0 aliphatic heterocycles. The molecule has 2 amide bonds. The fourth-order valence-corrected chi connectivity index (χ4v) is 1.39. The van der Waals surface area contributed by atoms with Crippen molar-refractivity contribution in [1.29, 1.82) is 0 Å². The molecule has 1 aromatic heterocycles. The van der Waals surface area contributed by atoms with Gasteiger partial charge in [-0.25, -0.2) is 4.79 Å². The Kier molecular flexibility index (Phi) is 5.16. The first kappa shape index (κ1) is 14.0. The second-order valence-corrected chi connectivity index (χ2v) is 3.84. The summed E-state index contributed by atoms with van der Waals surface area (Å²) in [6, 6.07) is -0.327.